The SMILES string of the molecule is COc1ccc(-c2cc(C#N)cc3ncn(-c4ccccc4)c23)cc1. The number of rotatable bonds is 3. The molecule has 3 aromatic carbocycles. The van der Waals surface area contributed by atoms with Crippen molar-refractivity contribution < 1.29 is 4.74 Å². The van der Waals surface area contributed by atoms with Crippen LogP contribution >= 0.6 is 0 Å². The van der Waals surface area contributed by atoms with Gasteiger partial charge in [0.15, 0.2) is 0 Å². The largest absolute Gasteiger partial charge is 0.497 e. The zero-order chi connectivity index (χ0) is 17.2. The maximum atomic E-state index is 9.37. The number of imidazole rings is 1. The first kappa shape index (κ1) is 15.0. The van der Waals surface area contributed by atoms with Crippen molar-refractivity contribution in [3.8, 4) is 28.6 Å². The Bertz CT molecular complexity index is 1070. The Balaban J connectivity index is 2.00. The molecule has 0 aliphatic heterocycles. The second-order valence-electron chi connectivity index (χ2n) is 5.68. The molecular weight excluding hydrogens is 310 g/mol. The van der Waals surface area contributed by atoms with E-state index in [9.17, 15) is 5.26 Å². The lowest BCUT2D eigenvalue weighted by molar-refractivity contribution is 0.415. The summed E-state index contributed by atoms with van der Waals surface area (Å²) < 4.78 is 7.30. The van der Waals surface area contributed by atoms with Crippen molar-refractivity contribution in [1.82, 2.24) is 9.55 Å². The van der Waals surface area contributed by atoms with Crippen molar-refractivity contribution in [2.24, 2.45) is 0 Å². The Labute approximate surface area is 145 Å². The average molecular weight is 325 g/mol. The summed E-state index contributed by atoms with van der Waals surface area (Å²) in [7, 11) is 1.65. The topological polar surface area (TPSA) is 50.8 Å². The van der Waals surface area contributed by atoms with Crippen LogP contribution in [-0.4, -0.2) is 16.7 Å². The van der Waals surface area contributed by atoms with Gasteiger partial charge in [-0.3, -0.25) is 4.57 Å². The molecule has 0 saturated heterocycles. The molecule has 0 aliphatic carbocycles. The van der Waals surface area contributed by atoms with Gasteiger partial charge < -0.3 is 4.74 Å². The van der Waals surface area contributed by atoms with E-state index in [0.29, 0.717) is 5.56 Å². The summed E-state index contributed by atoms with van der Waals surface area (Å²) in [6.07, 6.45) is 1.80. The predicted octanol–water partition coefficient (Wildman–Crippen LogP) is 4.57. The number of nitrogens with zero attached hydrogens (tertiary/aromatic N) is 3. The van der Waals surface area contributed by atoms with Crippen LogP contribution < -0.4 is 4.74 Å². The number of benzene rings is 3. The summed E-state index contributed by atoms with van der Waals surface area (Å²) in [5.74, 6) is 0.799. The van der Waals surface area contributed by atoms with Gasteiger partial charge in [-0.05, 0) is 42.0 Å². The van der Waals surface area contributed by atoms with Crippen molar-refractivity contribution in [1.29, 1.82) is 5.26 Å². The van der Waals surface area contributed by atoms with E-state index < -0.39 is 0 Å². The number of hydrogen-bond donors (Lipinski definition) is 0. The zero-order valence-electron chi connectivity index (χ0n) is 13.7. The summed E-state index contributed by atoms with van der Waals surface area (Å²) in [5.41, 5.74) is 5.39. The lowest BCUT2D eigenvalue weighted by atomic mass is 10.0. The third-order valence-electron chi connectivity index (χ3n) is 4.21. The van der Waals surface area contributed by atoms with E-state index in [1.807, 2.05) is 66.7 Å². The highest BCUT2D eigenvalue weighted by atomic mass is 16.5. The lowest BCUT2D eigenvalue weighted by Gasteiger charge is -2.10. The molecule has 4 aromatic rings. The Morgan fingerprint density at radius 1 is 1.00 bits per heavy atom. The number of nitriles is 1. The summed E-state index contributed by atoms with van der Waals surface area (Å²) in [5, 5.41) is 9.37. The highest BCUT2D eigenvalue weighted by Crippen LogP contribution is 2.32. The molecule has 0 unspecified atom stereocenters. The highest BCUT2D eigenvalue weighted by molar-refractivity contribution is 5.94. The monoisotopic (exact) mass is 325 g/mol. The van der Waals surface area contributed by atoms with Crippen LogP contribution in [0.2, 0.25) is 0 Å². The van der Waals surface area contributed by atoms with E-state index in [0.717, 1.165) is 33.6 Å². The molecule has 120 valence electrons. The molecule has 0 amide bonds. The molecule has 25 heavy (non-hydrogen) atoms. The molecule has 0 N–H and O–H groups in total. The summed E-state index contributed by atoms with van der Waals surface area (Å²) in [4.78, 5) is 4.51. The summed E-state index contributed by atoms with van der Waals surface area (Å²) in [6.45, 7) is 0. The highest BCUT2D eigenvalue weighted by Gasteiger charge is 2.13. The van der Waals surface area contributed by atoms with Crippen molar-refractivity contribution in [3.63, 3.8) is 0 Å². The Morgan fingerprint density at radius 2 is 1.76 bits per heavy atom. The smallest absolute Gasteiger partial charge is 0.118 e. The van der Waals surface area contributed by atoms with Gasteiger partial charge in [0.2, 0.25) is 0 Å². The van der Waals surface area contributed by atoms with Gasteiger partial charge in [0.1, 0.15) is 12.1 Å². The van der Waals surface area contributed by atoms with Gasteiger partial charge in [-0.1, -0.05) is 30.3 Å². The maximum absolute atomic E-state index is 9.37. The van der Waals surface area contributed by atoms with E-state index in [-0.39, 0.29) is 0 Å². The van der Waals surface area contributed by atoms with Crippen LogP contribution in [0.4, 0.5) is 0 Å². The van der Waals surface area contributed by atoms with Crippen LogP contribution in [-0.2, 0) is 0 Å². The Hall–Kier alpha value is -3.58. The van der Waals surface area contributed by atoms with Crippen LogP contribution in [0, 0.1) is 11.3 Å². The van der Waals surface area contributed by atoms with Crippen LogP contribution in [0.3, 0.4) is 0 Å². The minimum Gasteiger partial charge on any atom is -0.497 e. The first-order valence-electron chi connectivity index (χ1n) is 7.91. The van der Waals surface area contributed by atoms with Gasteiger partial charge in [-0.15, -0.1) is 0 Å². The molecule has 0 fully saturated rings. The number of fused-ring (bicyclic) bond motifs is 1. The Kier molecular flexibility index (Phi) is 3.68. The minimum absolute atomic E-state index is 0.594. The molecule has 4 heteroatoms. The van der Waals surface area contributed by atoms with E-state index >= 15 is 0 Å². The van der Waals surface area contributed by atoms with Gasteiger partial charge in [-0.25, -0.2) is 4.98 Å². The van der Waals surface area contributed by atoms with Crippen LogP contribution in [0.1, 0.15) is 5.56 Å². The normalized spacial score (nSPS) is 10.6. The molecule has 4 rings (SSSR count). The molecule has 1 aromatic heterocycles. The first-order valence-corrected chi connectivity index (χ1v) is 7.91. The van der Waals surface area contributed by atoms with E-state index in [2.05, 4.69) is 15.6 Å². The second kappa shape index (κ2) is 6.14. The number of para-hydroxylation sites is 1. The molecule has 4 nitrogen and oxygen atoms in total. The summed E-state index contributed by atoms with van der Waals surface area (Å²) >= 11 is 0. The van der Waals surface area contributed by atoms with Gasteiger partial charge in [0.05, 0.1) is 29.8 Å². The molecule has 0 bridgehead atoms. The van der Waals surface area contributed by atoms with Crippen molar-refractivity contribution in [2.45, 2.75) is 0 Å². The number of aromatic nitrogens is 2. The zero-order valence-corrected chi connectivity index (χ0v) is 13.7. The maximum Gasteiger partial charge on any atom is 0.118 e. The number of ether oxygens (including phenoxy) is 1. The van der Waals surface area contributed by atoms with Gasteiger partial charge in [-0.2, -0.15) is 5.26 Å². The average Bonchev–Trinajstić information content (AvgIpc) is 3.12. The van der Waals surface area contributed by atoms with E-state index in [4.69, 9.17) is 4.74 Å². The summed E-state index contributed by atoms with van der Waals surface area (Å²) in [6, 6.07) is 23.9. The standard InChI is InChI=1S/C21H15N3O/c1-25-18-9-7-16(8-10-18)19-11-15(13-22)12-20-21(19)24(14-23-20)17-5-3-2-4-6-17/h2-12,14H,1H3. The van der Waals surface area contributed by atoms with Crippen LogP contribution in [0.15, 0.2) is 73.1 Å². The predicted molar refractivity (Wildman–Crippen MR) is 97.8 cm³/mol. The first-order chi connectivity index (χ1) is 12.3. The minimum atomic E-state index is 0.594. The lowest BCUT2D eigenvalue weighted by Crippen LogP contribution is -1.94. The van der Waals surface area contributed by atoms with E-state index in [1.54, 1.807) is 13.4 Å². The molecule has 0 aliphatic rings. The van der Waals surface area contributed by atoms with Gasteiger partial charge in [0.25, 0.3) is 0 Å². The molecule has 1 heterocycles. The van der Waals surface area contributed by atoms with Gasteiger partial charge >= 0.3 is 0 Å². The fourth-order valence-electron chi connectivity index (χ4n) is 2.99. The quantitative estimate of drug-likeness (QED) is 0.554. The number of hydrogen-bond acceptors (Lipinski definition) is 3. The van der Waals surface area contributed by atoms with Crippen molar-refractivity contribution >= 4 is 11.0 Å². The van der Waals surface area contributed by atoms with Crippen LogP contribution in [0.25, 0.3) is 27.8 Å². The Morgan fingerprint density at radius 3 is 2.44 bits per heavy atom. The molecule has 0 saturated carbocycles. The molecular formula is C21H15N3O. The number of methoxy groups -OCH3 is 1. The fourth-order valence-corrected chi connectivity index (χ4v) is 2.99. The molecule has 0 spiro atoms. The van der Waals surface area contributed by atoms with Crippen molar-refractivity contribution in [2.75, 3.05) is 7.11 Å². The molecule has 0 atom stereocenters. The molecule has 0 radical (unpaired) electrons. The van der Waals surface area contributed by atoms with Gasteiger partial charge in [0, 0.05) is 11.3 Å². The van der Waals surface area contributed by atoms with Crippen LogP contribution in [0.5, 0.6) is 5.75 Å². The second-order valence-corrected chi connectivity index (χ2v) is 5.68. The van der Waals surface area contributed by atoms with E-state index in [1.165, 1.54) is 0 Å². The third kappa shape index (κ3) is 2.62. The van der Waals surface area contributed by atoms with Crippen molar-refractivity contribution in [3.05, 3.63) is 78.6 Å². The fraction of sp³-hybridized carbons (Fsp3) is 0.0476. The third-order valence-corrected chi connectivity index (χ3v) is 4.21.